The molecule has 0 spiro atoms. The highest BCUT2D eigenvalue weighted by Crippen LogP contribution is 2.15. The number of ether oxygens (including phenoxy) is 1. The van der Waals surface area contributed by atoms with Crippen molar-refractivity contribution in [3.8, 4) is 0 Å². The first-order valence-electron chi connectivity index (χ1n) is 6.03. The molecule has 1 aliphatic rings. The van der Waals surface area contributed by atoms with Crippen LogP contribution in [0.3, 0.4) is 0 Å². The second kappa shape index (κ2) is 4.83. The molecule has 6 heteroatoms. The lowest BCUT2D eigenvalue weighted by atomic mass is 10.3. The van der Waals surface area contributed by atoms with Crippen LogP contribution in [0.2, 0.25) is 0 Å². The van der Waals surface area contributed by atoms with Crippen molar-refractivity contribution in [2.75, 3.05) is 31.1 Å². The minimum absolute atomic E-state index is 0.0498. The van der Waals surface area contributed by atoms with Crippen molar-refractivity contribution < 1.29 is 4.74 Å². The first kappa shape index (κ1) is 11.3. The van der Waals surface area contributed by atoms with Gasteiger partial charge in [0.05, 0.1) is 18.2 Å². The molecule has 0 amide bonds. The van der Waals surface area contributed by atoms with E-state index in [2.05, 4.69) is 20.1 Å². The summed E-state index contributed by atoms with van der Waals surface area (Å²) < 4.78 is 5.52. The van der Waals surface area contributed by atoms with E-state index in [1.165, 1.54) is 0 Å². The average Bonchev–Trinajstić information content (AvgIpc) is 2.47. The number of benzene rings is 1. The van der Waals surface area contributed by atoms with Gasteiger partial charge < -0.3 is 15.4 Å². The summed E-state index contributed by atoms with van der Waals surface area (Å²) in [6.07, 6.45) is 0.0498. The van der Waals surface area contributed by atoms with Crippen LogP contribution in [0.25, 0.3) is 11.0 Å². The number of hydrogen-bond donors (Lipinski definition) is 1. The van der Waals surface area contributed by atoms with E-state index < -0.39 is 0 Å². The summed E-state index contributed by atoms with van der Waals surface area (Å²) in [5.74, 6) is 0.649. The third-order valence-electron chi connectivity index (χ3n) is 3.03. The van der Waals surface area contributed by atoms with Crippen LogP contribution >= 0.6 is 0 Å². The van der Waals surface area contributed by atoms with Gasteiger partial charge in [0.1, 0.15) is 5.52 Å². The molecular weight excluding hydrogens is 230 g/mol. The van der Waals surface area contributed by atoms with Gasteiger partial charge in [0.15, 0.2) is 0 Å². The predicted octanol–water partition coefficient (Wildman–Crippen LogP) is 0.189. The highest BCUT2D eigenvalue weighted by Gasteiger charge is 2.21. The molecular formula is C12H15N5O. The number of para-hydroxylation sites is 1. The van der Waals surface area contributed by atoms with Crippen LogP contribution in [0.15, 0.2) is 24.3 Å². The third-order valence-corrected chi connectivity index (χ3v) is 3.03. The SMILES string of the molecule is NCC1CN(c2nnc3ccccc3n2)CCO1. The molecule has 1 aliphatic heterocycles. The molecule has 18 heavy (non-hydrogen) atoms. The minimum Gasteiger partial charge on any atom is -0.373 e. The quantitative estimate of drug-likeness (QED) is 0.813. The molecule has 0 saturated carbocycles. The van der Waals surface area contributed by atoms with Crippen molar-refractivity contribution in [3.05, 3.63) is 24.3 Å². The van der Waals surface area contributed by atoms with Crippen LogP contribution in [0.4, 0.5) is 5.95 Å². The molecule has 6 nitrogen and oxygen atoms in total. The van der Waals surface area contributed by atoms with Gasteiger partial charge in [-0.05, 0) is 12.1 Å². The molecule has 1 unspecified atom stereocenters. The molecule has 2 aromatic rings. The first-order valence-corrected chi connectivity index (χ1v) is 6.03. The molecule has 0 radical (unpaired) electrons. The van der Waals surface area contributed by atoms with Gasteiger partial charge in [-0.1, -0.05) is 12.1 Å². The molecule has 0 bridgehead atoms. The normalized spacial score (nSPS) is 20.3. The first-order chi connectivity index (χ1) is 8.86. The Morgan fingerprint density at radius 2 is 2.11 bits per heavy atom. The van der Waals surface area contributed by atoms with Crippen LogP contribution < -0.4 is 10.6 Å². The van der Waals surface area contributed by atoms with Crippen molar-refractivity contribution >= 4 is 17.0 Å². The van der Waals surface area contributed by atoms with Gasteiger partial charge in [-0.3, -0.25) is 0 Å². The molecule has 1 aromatic carbocycles. The van der Waals surface area contributed by atoms with Crippen LogP contribution in [0.1, 0.15) is 0 Å². The summed E-state index contributed by atoms with van der Waals surface area (Å²) in [5.41, 5.74) is 7.30. The summed E-state index contributed by atoms with van der Waals surface area (Å²) in [4.78, 5) is 6.59. The maximum Gasteiger partial charge on any atom is 0.246 e. The van der Waals surface area contributed by atoms with E-state index in [4.69, 9.17) is 10.5 Å². The largest absolute Gasteiger partial charge is 0.373 e. The zero-order valence-electron chi connectivity index (χ0n) is 9.99. The molecule has 1 fully saturated rings. The smallest absolute Gasteiger partial charge is 0.246 e. The fraction of sp³-hybridized carbons (Fsp3) is 0.417. The number of anilines is 1. The average molecular weight is 245 g/mol. The van der Waals surface area contributed by atoms with E-state index in [-0.39, 0.29) is 6.10 Å². The monoisotopic (exact) mass is 245 g/mol. The lowest BCUT2D eigenvalue weighted by Crippen LogP contribution is -2.46. The third kappa shape index (κ3) is 2.12. The fourth-order valence-electron chi connectivity index (χ4n) is 2.05. The standard InChI is InChI=1S/C12H15N5O/c13-7-9-8-17(5-6-18-9)12-14-10-3-1-2-4-11(10)15-16-12/h1-4,9H,5-8,13H2. The Kier molecular flexibility index (Phi) is 3.04. The Bertz CT molecular complexity index is 547. The second-order valence-corrected chi connectivity index (χ2v) is 4.28. The second-order valence-electron chi connectivity index (χ2n) is 4.28. The summed E-state index contributed by atoms with van der Waals surface area (Å²) >= 11 is 0. The Morgan fingerprint density at radius 1 is 1.28 bits per heavy atom. The van der Waals surface area contributed by atoms with Gasteiger partial charge in [-0.15, -0.1) is 10.2 Å². The van der Waals surface area contributed by atoms with E-state index in [0.717, 1.165) is 24.1 Å². The molecule has 1 saturated heterocycles. The minimum atomic E-state index is 0.0498. The number of rotatable bonds is 2. The number of hydrogen-bond acceptors (Lipinski definition) is 6. The maximum absolute atomic E-state index is 5.63. The molecule has 1 aromatic heterocycles. The number of nitrogens with two attached hydrogens (primary N) is 1. The topological polar surface area (TPSA) is 77.2 Å². The van der Waals surface area contributed by atoms with E-state index in [9.17, 15) is 0 Å². The lowest BCUT2D eigenvalue weighted by molar-refractivity contribution is 0.0459. The molecule has 2 heterocycles. The van der Waals surface area contributed by atoms with Crippen molar-refractivity contribution in [2.24, 2.45) is 5.73 Å². The van der Waals surface area contributed by atoms with Gasteiger partial charge in [-0.2, -0.15) is 0 Å². The zero-order valence-corrected chi connectivity index (χ0v) is 9.99. The Hall–Kier alpha value is -1.79. The molecule has 0 aliphatic carbocycles. The molecule has 2 N–H and O–H groups in total. The summed E-state index contributed by atoms with van der Waals surface area (Å²) in [7, 11) is 0. The van der Waals surface area contributed by atoms with E-state index in [1.54, 1.807) is 0 Å². The Labute approximate surface area is 105 Å². The van der Waals surface area contributed by atoms with Crippen LogP contribution in [-0.2, 0) is 4.74 Å². The van der Waals surface area contributed by atoms with Crippen LogP contribution in [-0.4, -0.2) is 47.5 Å². The summed E-state index contributed by atoms with van der Waals surface area (Å²) in [6, 6.07) is 7.72. The Morgan fingerprint density at radius 3 is 2.94 bits per heavy atom. The number of fused-ring (bicyclic) bond motifs is 1. The van der Waals surface area contributed by atoms with Crippen molar-refractivity contribution in [3.63, 3.8) is 0 Å². The van der Waals surface area contributed by atoms with Gasteiger partial charge in [-0.25, -0.2) is 4.98 Å². The van der Waals surface area contributed by atoms with Gasteiger partial charge >= 0.3 is 0 Å². The van der Waals surface area contributed by atoms with Crippen molar-refractivity contribution in [1.29, 1.82) is 0 Å². The molecule has 94 valence electrons. The summed E-state index contributed by atoms with van der Waals surface area (Å²) in [6.45, 7) is 2.66. The number of aromatic nitrogens is 3. The Balaban J connectivity index is 1.89. The number of nitrogens with zero attached hydrogens (tertiary/aromatic N) is 4. The van der Waals surface area contributed by atoms with E-state index in [0.29, 0.717) is 19.1 Å². The number of morpholine rings is 1. The van der Waals surface area contributed by atoms with Crippen LogP contribution in [0.5, 0.6) is 0 Å². The van der Waals surface area contributed by atoms with Gasteiger partial charge in [0, 0.05) is 19.6 Å². The van der Waals surface area contributed by atoms with Gasteiger partial charge in [0.2, 0.25) is 5.95 Å². The van der Waals surface area contributed by atoms with Crippen molar-refractivity contribution in [2.45, 2.75) is 6.10 Å². The summed E-state index contributed by atoms with van der Waals surface area (Å²) in [5, 5.41) is 8.35. The predicted molar refractivity (Wildman–Crippen MR) is 68.3 cm³/mol. The van der Waals surface area contributed by atoms with E-state index >= 15 is 0 Å². The highest BCUT2D eigenvalue weighted by atomic mass is 16.5. The maximum atomic E-state index is 5.63. The van der Waals surface area contributed by atoms with E-state index in [1.807, 2.05) is 24.3 Å². The lowest BCUT2D eigenvalue weighted by Gasteiger charge is -2.31. The van der Waals surface area contributed by atoms with Gasteiger partial charge in [0.25, 0.3) is 0 Å². The molecule has 3 rings (SSSR count). The zero-order chi connectivity index (χ0) is 12.4. The van der Waals surface area contributed by atoms with Crippen molar-refractivity contribution in [1.82, 2.24) is 15.2 Å². The fourth-order valence-corrected chi connectivity index (χ4v) is 2.05. The highest BCUT2D eigenvalue weighted by molar-refractivity contribution is 5.74. The molecule has 1 atom stereocenters. The van der Waals surface area contributed by atoms with Crippen LogP contribution in [0, 0.1) is 0 Å².